The number of halogens is 2. The predicted molar refractivity (Wildman–Crippen MR) is 242 cm³/mol. The quantitative estimate of drug-likeness (QED) is 0.0288. The number of nitriles is 2. The van der Waals surface area contributed by atoms with Crippen LogP contribution >= 0.6 is 18.9 Å². The van der Waals surface area contributed by atoms with Gasteiger partial charge in [0.2, 0.25) is 0 Å². The molecule has 0 fully saturated rings. The van der Waals surface area contributed by atoms with Crippen molar-refractivity contribution >= 4 is 50.9 Å². The number of hydrogen-bond donors (Lipinski definition) is 7. The minimum Gasteiger partial charge on any atom is -0.504 e. The summed E-state index contributed by atoms with van der Waals surface area (Å²) in [5.74, 6) is -5.75. The van der Waals surface area contributed by atoms with E-state index in [1.807, 2.05) is 0 Å². The standard InChI is InChI=1S/C45H40F2N5O13PS2/c1-3-30(51-44(57)25-7-11-36(53)38(55)13-25)22-62-40-15-29-16-43(67-42(29)19-41(40)63-23-31(4-2)52-45(58)26-8-12-37(54)39(56)14-26)68(60,61)50-24-66(59,64-32-9-5-27(20-48)34(46)17-32)65-33-10-6-28(21-49)35(47)18-33/h5-19,30-31,50,53-56H,3-4,22-24H2,1-2H3,(H,51,57)(H,52,58). The second-order valence-electron chi connectivity index (χ2n) is 14.7. The van der Waals surface area contributed by atoms with Crippen LogP contribution in [0.4, 0.5) is 8.78 Å². The van der Waals surface area contributed by atoms with Crippen molar-refractivity contribution in [2.45, 2.75) is 43.0 Å². The van der Waals surface area contributed by atoms with Gasteiger partial charge in [-0.25, -0.2) is 21.8 Å². The van der Waals surface area contributed by atoms with Crippen molar-refractivity contribution in [2.24, 2.45) is 0 Å². The second kappa shape index (κ2) is 21.3. The summed E-state index contributed by atoms with van der Waals surface area (Å²) >= 11 is 0.758. The molecular formula is C45H40F2N5O13PS2. The summed E-state index contributed by atoms with van der Waals surface area (Å²) in [6, 6.07) is 19.0. The van der Waals surface area contributed by atoms with Crippen LogP contribution in [0.5, 0.6) is 46.0 Å². The highest BCUT2D eigenvalue weighted by Crippen LogP contribution is 2.49. The maximum Gasteiger partial charge on any atom is 0.445 e. The Morgan fingerprint density at radius 1 is 0.691 bits per heavy atom. The van der Waals surface area contributed by atoms with E-state index in [4.69, 9.17) is 29.0 Å². The van der Waals surface area contributed by atoms with Gasteiger partial charge in [0.1, 0.15) is 59.0 Å². The fourth-order valence-electron chi connectivity index (χ4n) is 6.08. The third kappa shape index (κ3) is 12.2. The van der Waals surface area contributed by atoms with E-state index < -0.39 is 93.9 Å². The summed E-state index contributed by atoms with van der Waals surface area (Å²) in [5.41, 5.74) is -0.630. The monoisotopic (exact) mass is 991 g/mol. The van der Waals surface area contributed by atoms with Crippen LogP contribution in [0.25, 0.3) is 10.1 Å². The molecule has 2 unspecified atom stereocenters. The molecule has 0 aliphatic carbocycles. The minimum atomic E-state index is -4.76. The number of nitrogens with zero attached hydrogens (tertiary/aromatic N) is 2. The lowest BCUT2D eigenvalue weighted by Gasteiger charge is -2.21. The predicted octanol–water partition coefficient (Wildman–Crippen LogP) is 7.51. The van der Waals surface area contributed by atoms with Crippen LogP contribution in [-0.4, -0.2) is 72.2 Å². The van der Waals surface area contributed by atoms with Crippen LogP contribution in [0.2, 0.25) is 0 Å². The Kier molecular flexibility index (Phi) is 15.6. The highest BCUT2D eigenvalue weighted by molar-refractivity contribution is 7.92. The lowest BCUT2D eigenvalue weighted by Crippen LogP contribution is -2.39. The molecule has 0 aliphatic heterocycles. The molecule has 7 N–H and O–H groups in total. The van der Waals surface area contributed by atoms with Crippen molar-refractivity contribution in [1.82, 2.24) is 15.4 Å². The van der Waals surface area contributed by atoms with Gasteiger partial charge in [0.05, 0.1) is 23.2 Å². The van der Waals surface area contributed by atoms with Gasteiger partial charge in [0, 0.05) is 34.0 Å². The van der Waals surface area contributed by atoms with Gasteiger partial charge in [-0.1, -0.05) is 13.8 Å². The Labute approximate surface area is 391 Å². The number of nitrogens with one attached hydrogen (secondary N) is 3. The molecule has 0 saturated carbocycles. The highest BCUT2D eigenvalue weighted by atomic mass is 32.2. The molecule has 354 valence electrons. The van der Waals surface area contributed by atoms with Gasteiger partial charge < -0.3 is 49.6 Å². The Morgan fingerprint density at radius 3 is 1.59 bits per heavy atom. The summed E-state index contributed by atoms with van der Waals surface area (Å²) in [7, 11) is -9.36. The maximum absolute atomic E-state index is 14.5. The van der Waals surface area contributed by atoms with Crippen molar-refractivity contribution in [3.05, 3.63) is 125 Å². The molecule has 6 rings (SSSR count). The number of carbonyl (C=O) groups excluding carboxylic acids is 2. The van der Waals surface area contributed by atoms with Gasteiger partial charge in [-0.3, -0.25) is 9.59 Å². The number of sulfonamides is 1. The number of rotatable bonds is 20. The SMILES string of the molecule is CCC(COc1cc2cc(S(=O)(=O)NCP(=O)(Oc3ccc(C#N)c(F)c3)Oc3ccc(C#N)c(F)c3)sc2cc1OCC(CC)NC(=O)c1ccc(O)c(O)c1)NC(=O)c1ccc(O)c(O)c1. The molecule has 1 heterocycles. The van der Waals surface area contributed by atoms with Crippen molar-refractivity contribution < 1.29 is 70.3 Å². The van der Waals surface area contributed by atoms with Crippen LogP contribution in [-0.2, 0) is 14.6 Å². The largest absolute Gasteiger partial charge is 0.504 e. The van der Waals surface area contributed by atoms with Crippen molar-refractivity contribution in [3.8, 4) is 58.1 Å². The van der Waals surface area contributed by atoms with Gasteiger partial charge >= 0.3 is 7.60 Å². The number of phenols is 4. The number of carbonyl (C=O) groups is 2. The number of aromatic hydroxyl groups is 4. The molecule has 2 amide bonds. The maximum atomic E-state index is 14.5. The van der Waals surface area contributed by atoms with E-state index >= 15 is 0 Å². The minimum absolute atomic E-state index is 0.0563. The van der Waals surface area contributed by atoms with Gasteiger partial charge in [-0.15, -0.1) is 11.3 Å². The summed E-state index contributed by atoms with van der Waals surface area (Å²) < 4.78 is 96.6. The molecule has 0 bridgehead atoms. The number of amides is 2. The lowest BCUT2D eigenvalue weighted by atomic mass is 10.1. The van der Waals surface area contributed by atoms with Gasteiger partial charge in [0.25, 0.3) is 21.8 Å². The third-order valence-corrected chi connectivity index (χ3v) is 14.6. The van der Waals surface area contributed by atoms with Gasteiger partial charge in [-0.2, -0.15) is 15.2 Å². The Bertz CT molecular complexity index is 2960. The van der Waals surface area contributed by atoms with E-state index in [9.17, 15) is 51.8 Å². The molecule has 68 heavy (non-hydrogen) atoms. The topological polar surface area (TPSA) is 287 Å². The van der Waals surface area contributed by atoms with Crippen molar-refractivity contribution in [3.63, 3.8) is 0 Å². The molecule has 1 aromatic heterocycles. The molecule has 23 heteroatoms. The highest BCUT2D eigenvalue weighted by Gasteiger charge is 2.33. The van der Waals surface area contributed by atoms with Crippen LogP contribution in [0.1, 0.15) is 58.5 Å². The van der Waals surface area contributed by atoms with Crippen LogP contribution in [0, 0.1) is 34.3 Å². The Balaban J connectivity index is 1.27. The number of benzene rings is 5. The first-order valence-electron chi connectivity index (χ1n) is 20.2. The lowest BCUT2D eigenvalue weighted by molar-refractivity contribution is 0.0906. The average Bonchev–Trinajstić information content (AvgIpc) is 3.74. The van der Waals surface area contributed by atoms with Gasteiger partial charge in [0.15, 0.2) is 34.5 Å². The van der Waals surface area contributed by atoms with E-state index in [0.717, 1.165) is 72.0 Å². The zero-order chi connectivity index (χ0) is 49.3. The van der Waals surface area contributed by atoms with Crippen LogP contribution in [0.15, 0.2) is 95.2 Å². The molecule has 5 aromatic carbocycles. The second-order valence-corrected chi connectivity index (χ2v) is 19.7. The number of thiophene rings is 1. The van der Waals surface area contributed by atoms with Crippen molar-refractivity contribution in [2.75, 3.05) is 19.5 Å². The molecule has 0 saturated heterocycles. The van der Waals surface area contributed by atoms with Gasteiger partial charge in [-0.05, 0) is 91.0 Å². The molecule has 0 spiro atoms. The number of hydrogen-bond acceptors (Lipinski definition) is 16. The first kappa shape index (κ1) is 49.8. The summed E-state index contributed by atoms with van der Waals surface area (Å²) in [6.45, 7) is 3.25. The molecule has 0 aliphatic rings. The first-order valence-corrected chi connectivity index (χ1v) is 24.2. The Hall–Kier alpha value is -7.62. The normalized spacial score (nSPS) is 12.3. The number of fused-ring (bicyclic) bond motifs is 1. The molecule has 2 atom stereocenters. The Morgan fingerprint density at radius 2 is 1.16 bits per heavy atom. The van der Waals surface area contributed by atoms with Crippen LogP contribution in [0.3, 0.4) is 0 Å². The fourth-order valence-corrected chi connectivity index (χ4v) is 10.5. The number of phenolic OH excluding ortho intramolecular Hbond substituents is 4. The molecule has 0 radical (unpaired) electrons. The number of ether oxygens (including phenoxy) is 2. The van der Waals surface area contributed by atoms with E-state index in [1.54, 1.807) is 26.0 Å². The smallest absolute Gasteiger partial charge is 0.445 e. The summed E-state index contributed by atoms with van der Waals surface area (Å²) in [6.07, 6.45) is -0.373. The zero-order valence-corrected chi connectivity index (χ0v) is 38.3. The van der Waals surface area contributed by atoms with E-state index in [-0.39, 0.29) is 51.2 Å². The van der Waals surface area contributed by atoms with E-state index in [0.29, 0.717) is 22.9 Å². The molecule has 18 nitrogen and oxygen atoms in total. The average molecular weight is 992 g/mol. The van der Waals surface area contributed by atoms with E-state index in [2.05, 4.69) is 15.4 Å². The van der Waals surface area contributed by atoms with E-state index in [1.165, 1.54) is 30.3 Å². The van der Waals surface area contributed by atoms with Crippen LogP contribution < -0.4 is 33.9 Å². The third-order valence-electron chi connectivity index (χ3n) is 9.90. The van der Waals surface area contributed by atoms with Crippen molar-refractivity contribution in [1.29, 1.82) is 10.5 Å². The summed E-state index contributed by atoms with van der Waals surface area (Å²) in [4.78, 5) is 26.1. The summed E-state index contributed by atoms with van der Waals surface area (Å²) in [5, 5.41) is 63.3. The molecular weight excluding hydrogens is 952 g/mol. The fraction of sp³-hybridized carbons (Fsp3) is 0.200. The molecule has 6 aromatic rings. The zero-order valence-electron chi connectivity index (χ0n) is 35.7. The first-order chi connectivity index (χ1) is 32.3.